The minimum atomic E-state index is -4.93. The van der Waals surface area contributed by atoms with Crippen LogP contribution in [-0.2, 0) is 4.79 Å². The Hall–Kier alpha value is -2.90. The van der Waals surface area contributed by atoms with Gasteiger partial charge in [-0.1, -0.05) is 18.2 Å². The standard InChI is InChI=1S/C19H17F3N2O3/c1-12-13(15-7-2-3-9-23-15)5-4-6-14(12)16(25)24-10-8-18(11-24,17(26)27)19(20,21)22/h2-7,9H,8,10-11H2,1H3,(H,26,27). The topological polar surface area (TPSA) is 70.5 Å². The lowest BCUT2D eigenvalue weighted by atomic mass is 9.86. The zero-order valence-electron chi connectivity index (χ0n) is 14.5. The van der Waals surface area contributed by atoms with Crippen LogP contribution in [0.4, 0.5) is 13.2 Å². The minimum absolute atomic E-state index is 0.238. The van der Waals surface area contributed by atoms with Crippen LogP contribution in [0.1, 0.15) is 22.3 Å². The fourth-order valence-corrected chi connectivity index (χ4v) is 3.35. The Morgan fingerprint density at radius 1 is 1.19 bits per heavy atom. The average Bonchev–Trinajstić information content (AvgIpc) is 3.09. The summed E-state index contributed by atoms with van der Waals surface area (Å²) >= 11 is 0. The molecule has 1 fully saturated rings. The molecular formula is C19H17F3N2O3. The zero-order valence-corrected chi connectivity index (χ0v) is 14.5. The number of rotatable bonds is 3. The first-order valence-corrected chi connectivity index (χ1v) is 8.28. The summed E-state index contributed by atoms with van der Waals surface area (Å²) in [6.07, 6.45) is -3.98. The summed E-state index contributed by atoms with van der Waals surface area (Å²) in [5.74, 6) is -2.57. The third kappa shape index (κ3) is 3.15. The Morgan fingerprint density at radius 3 is 2.48 bits per heavy atom. The number of carboxylic acids is 1. The Kier molecular flexibility index (Phi) is 4.67. The predicted octanol–water partition coefficient (Wildman–Crippen LogP) is 3.54. The largest absolute Gasteiger partial charge is 0.481 e. The van der Waals surface area contributed by atoms with E-state index in [9.17, 15) is 22.8 Å². The second kappa shape index (κ2) is 6.68. The molecule has 142 valence electrons. The number of hydrogen-bond donors (Lipinski definition) is 1. The van der Waals surface area contributed by atoms with Crippen LogP contribution in [0.25, 0.3) is 11.3 Å². The number of pyridine rings is 1. The monoisotopic (exact) mass is 378 g/mol. The van der Waals surface area contributed by atoms with E-state index < -0.39 is 36.4 Å². The van der Waals surface area contributed by atoms with Crippen molar-refractivity contribution in [1.82, 2.24) is 9.88 Å². The highest BCUT2D eigenvalue weighted by Crippen LogP contribution is 2.46. The number of hydrogen-bond acceptors (Lipinski definition) is 3. The van der Waals surface area contributed by atoms with E-state index in [2.05, 4.69) is 4.98 Å². The lowest BCUT2D eigenvalue weighted by Gasteiger charge is -2.27. The van der Waals surface area contributed by atoms with E-state index >= 15 is 0 Å². The molecule has 1 saturated heterocycles. The highest BCUT2D eigenvalue weighted by molar-refractivity contribution is 5.98. The number of aliphatic carboxylic acids is 1. The van der Waals surface area contributed by atoms with E-state index in [1.807, 2.05) is 0 Å². The van der Waals surface area contributed by atoms with E-state index in [4.69, 9.17) is 5.11 Å². The molecule has 1 aromatic carbocycles. The summed E-state index contributed by atoms with van der Waals surface area (Å²) < 4.78 is 40.0. The first kappa shape index (κ1) is 18.9. The van der Waals surface area contributed by atoms with Gasteiger partial charge in [0, 0.05) is 30.4 Å². The summed E-state index contributed by atoms with van der Waals surface area (Å²) in [5, 5.41) is 9.15. The molecule has 1 atom stereocenters. The van der Waals surface area contributed by atoms with E-state index in [1.165, 1.54) is 6.07 Å². The van der Waals surface area contributed by atoms with E-state index in [1.54, 1.807) is 43.5 Å². The molecule has 3 rings (SSSR count). The maximum Gasteiger partial charge on any atom is 0.406 e. The van der Waals surface area contributed by atoms with Crippen molar-refractivity contribution in [3.8, 4) is 11.3 Å². The van der Waals surface area contributed by atoms with Crippen LogP contribution >= 0.6 is 0 Å². The van der Waals surface area contributed by atoms with Gasteiger partial charge in [-0.2, -0.15) is 13.2 Å². The molecule has 1 aliphatic heterocycles. The van der Waals surface area contributed by atoms with Crippen LogP contribution < -0.4 is 0 Å². The molecule has 0 bridgehead atoms. The predicted molar refractivity (Wildman–Crippen MR) is 91.1 cm³/mol. The van der Waals surface area contributed by atoms with Crippen molar-refractivity contribution >= 4 is 11.9 Å². The van der Waals surface area contributed by atoms with Gasteiger partial charge in [-0.05, 0) is 37.1 Å². The molecule has 0 saturated carbocycles. The van der Waals surface area contributed by atoms with Crippen molar-refractivity contribution in [2.75, 3.05) is 13.1 Å². The van der Waals surface area contributed by atoms with Crippen molar-refractivity contribution in [2.45, 2.75) is 19.5 Å². The number of carbonyl (C=O) groups excluding carboxylic acids is 1. The molecule has 27 heavy (non-hydrogen) atoms. The third-order valence-corrected chi connectivity index (χ3v) is 5.01. The summed E-state index contributed by atoms with van der Waals surface area (Å²) in [6.45, 7) is 0.539. The molecular weight excluding hydrogens is 361 g/mol. The first-order chi connectivity index (χ1) is 12.7. The summed E-state index contributed by atoms with van der Waals surface area (Å²) in [4.78, 5) is 29.3. The second-order valence-corrected chi connectivity index (χ2v) is 6.55. The van der Waals surface area contributed by atoms with Crippen molar-refractivity contribution in [3.05, 3.63) is 53.7 Å². The summed E-state index contributed by atoms with van der Waals surface area (Å²) in [7, 11) is 0. The van der Waals surface area contributed by atoms with Gasteiger partial charge >= 0.3 is 12.1 Å². The molecule has 1 N–H and O–H groups in total. The maximum atomic E-state index is 13.3. The normalized spacial score (nSPS) is 19.9. The number of carboxylic acid groups (broad SMARTS) is 1. The van der Waals surface area contributed by atoms with Gasteiger partial charge < -0.3 is 10.0 Å². The SMILES string of the molecule is Cc1c(C(=O)N2CCC(C(=O)O)(C(F)(F)F)C2)cccc1-c1ccccn1. The van der Waals surface area contributed by atoms with Crippen LogP contribution in [-0.4, -0.2) is 46.1 Å². The number of aromatic nitrogens is 1. The quantitative estimate of drug-likeness (QED) is 0.887. The molecule has 0 radical (unpaired) electrons. The van der Waals surface area contributed by atoms with Crippen molar-refractivity contribution in [1.29, 1.82) is 0 Å². The number of amides is 1. The molecule has 1 unspecified atom stereocenters. The van der Waals surface area contributed by atoms with E-state index in [-0.39, 0.29) is 12.1 Å². The molecule has 1 aromatic heterocycles. The Labute approximate surface area is 153 Å². The molecule has 1 aliphatic rings. The van der Waals surface area contributed by atoms with Gasteiger partial charge in [0.15, 0.2) is 5.41 Å². The highest BCUT2D eigenvalue weighted by atomic mass is 19.4. The number of likely N-dealkylation sites (tertiary alicyclic amines) is 1. The van der Waals surface area contributed by atoms with Gasteiger partial charge in [-0.15, -0.1) is 0 Å². The molecule has 5 nitrogen and oxygen atoms in total. The van der Waals surface area contributed by atoms with Gasteiger partial charge in [-0.25, -0.2) is 0 Å². The maximum absolute atomic E-state index is 13.3. The lowest BCUT2D eigenvalue weighted by molar-refractivity contribution is -0.227. The van der Waals surface area contributed by atoms with Gasteiger partial charge in [-0.3, -0.25) is 14.6 Å². The number of alkyl halides is 3. The molecule has 0 spiro atoms. The second-order valence-electron chi connectivity index (χ2n) is 6.55. The molecule has 0 aliphatic carbocycles. The van der Waals surface area contributed by atoms with Crippen LogP contribution in [0.3, 0.4) is 0 Å². The molecule has 2 aromatic rings. The van der Waals surface area contributed by atoms with Crippen molar-refractivity contribution < 1.29 is 27.9 Å². The van der Waals surface area contributed by atoms with Crippen molar-refractivity contribution in [3.63, 3.8) is 0 Å². The minimum Gasteiger partial charge on any atom is -0.481 e. The lowest BCUT2D eigenvalue weighted by Crippen LogP contribution is -2.47. The van der Waals surface area contributed by atoms with Gasteiger partial charge in [0.25, 0.3) is 5.91 Å². The smallest absolute Gasteiger partial charge is 0.406 e. The fourth-order valence-electron chi connectivity index (χ4n) is 3.35. The number of benzene rings is 1. The Morgan fingerprint density at radius 2 is 1.93 bits per heavy atom. The van der Waals surface area contributed by atoms with Gasteiger partial charge in [0.1, 0.15) is 0 Å². The summed E-state index contributed by atoms with van der Waals surface area (Å²) in [5.41, 5.74) is -0.764. The highest BCUT2D eigenvalue weighted by Gasteiger charge is 2.64. The molecule has 1 amide bonds. The van der Waals surface area contributed by atoms with Gasteiger partial charge in [0.05, 0.1) is 5.69 Å². The Bertz CT molecular complexity index is 884. The van der Waals surface area contributed by atoms with Crippen LogP contribution in [0.2, 0.25) is 0 Å². The third-order valence-electron chi connectivity index (χ3n) is 5.01. The van der Waals surface area contributed by atoms with E-state index in [0.717, 1.165) is 4.90 Å². The van der Waals surface area contributed by atoms with E-state index in [0.29, 0.717) is 16.8 Å². The van der Waals surface area contributed by atoms with Crippen LogP contribution in [0, 0.1) is 12.3 Å². The fraction of sp³-hybridized carbons (Fsp3) is 0.316. The average molecular weight is 378 g/mol. The van der Waals surface area contributed by atoms with Crippen molar-refractivity contribution in [2.24, 2.45) is 5.41 Å². The number of halogens is 3. The van der Waals surface area contributed by atoms with Crippen LogP contribution in [0.15, 0.2) is 42.6 Å². The first-order valence-electron chi connectivity index (χ1n) is 8.28. The van der Waals surface area contributed by atoms with Gasteiger partial charge in [0.2, 0.25) is 0 Å². The number of nitrogens with zero attached hydrogens (tertiary/aromatic N) is 2. The zero-order chi connectivity index (χ0) is 19.8. The number of carbonyl (C=O) groups is 2. The molecule has 8 heteroatoms. The van der Waals surface area contributed by atoms with Crippen LogP contribution in [0.5, 0.6) is 0 Å². The Balaban J connectivity index is 1.93. The molecule has 2 heterocycles. The summed E-state index contributed by atoms with van der Waals surface area (Å²) in [6, 6.07) is 10.2.